The van der Waals surface area contributed by atoms with Crippen molar-refractivity contribution in [3.05, 3.63) is 29.8 Å². The molecule has 0 bridgehead atoms. The fourth-order valence-corrected chi connectivity index (χ4v) is 3.53. The molecule has 3 rings (SSSR count). The molecular formula is C19H27N3O3. The van der Waals surface area contributed by atoms with E-state index in [2.05, 4.69) is 16.0 Å². The van der Waals surface area contributed by atoms with Gasteiger partial charge in [0.15, 0.2) is 0 Å². The molecule has 0 saturated heterocycles. The number of carbonyl (C=O) groups is 2. The van der Waals surface area contributed by atoms with Crippen molar-refractivity contribution in [2.45, 2.75) is 57.0 Å². The van der Waals surface area contributed by atoms with Crippen molar-refractivity contribution in [1.29, 1.82) is 0 Å². The van der Waals surface area contributed by atoms with Gasteiger partial charge in [-0.3, -0.25) is 4.79 Å². The summed E-state index contributed by atoms with van der Waals surface area (Å²) in [6.45, 7) is 0.944. The lowest BCUT2D eigenvalue weighted by atomic mass is 9.96. The van der Waals surface area contributed by atoms with Gasteiger partial charge in [-0.25, -0.2) is 4.79 Å². The number of benzene rings is 1. The smallest absolute Gasteiger partial charge is 0.315 e. The molecule has 1 aromatic rings. The molecule has 1 aliphatic heterocycles. The molecule has 1 aromatic carbocycles. The van der Waals surface area contributed by atoms with Crippen LogP contribution in [-0.4, -0.2) is 31.1 Å². The number of urea groups is 1. The average molecular weight is 345 g/mol. The van der Waals surface area contributed by atoms with E-state index in [-0.39, 0.29) is 30.4 Å². The van der Waals surface area contributed by atoms with E-state index in [0.29, 0.717) is 13.2 Å². The van der Waals surface area contributed by atoms with Gasteiger partial charge >= 0.3 is 6.03 Å². The van der Waals surface area contributed by atoms with Crippen molar-refractivity contribution in [2.24, 2.45) is 0 Å². The molecule has 1 heterocycles. The first-order chi connectivity index (χ1) is 12.2. The summed E-state index contributed by atoms with van der Waals surface area (Å²) in [6, 6.07) is 7.87. The Labute approximate surface area is 148 Å². The summed E-state index contributed by atoms with van der Waals surface area (Å²) in [5.74, 6) is 0.781. The van der Waals surface area contributed by atoms with Gasteiger partial charge in [-0.15, -0.1) is 0 Å². The molecule has 3 N–H and O–H groups in total. The lowest BCUT2D eigenvalue weighted by Gasteiger charge is -2.26. The van der Waals surface area contributed by atoms with Crippen molar-refractivity contribution < 1.29 is 14.3 Å². The first-order valence-corrected chi connectivity index (χ1v) is 9.28. The zero-order valence-electron chi connectivity index (χ0n) is 14.6. The zero-order valence-corrected chi connectivity index (χ0v) is 14.6. The number of ether oxygens (including phenoxy) is 1. The van der Waals surface area contributed by atoms with Crippen LogP contribution in [-0.2, 0) is 4.79 Å². The highest BCUT2D eigenvalue weighted by atomic mass is 16.5. The Kier molecular flexibility index (Phi) is 6.14. The highest BCUT2D eigenvalue weighted by molar-refractivity contribution is 5.78. The molecule has 1 atom stereocenters. The first-order valence-electron chi connectivity index (χ1n) is 9.28. The van der Waals surface area contributed by atoms with Gasteiger partial charge < -0.3 is 20.7 Å². The maximum absolute atomic E-state index is 12.2. The lowest BCUT2D eigenvalue weighted by molar-refractivity contribution is -0.121. The molecule has 2 aliphatic rings. The van der Waals surface area contributed by atoms with E-state index >= 15 is 0 Å². The molecule has 0 radical (unpaired) electrons. The normalized spacial score (nSPS) is 20.1. The van der Waals surface area contributed by atoms with Crippen LogP contribution in [0.15, 0.2) is 24.3 Å². The van der Waals surface area contributed by atoms with E-state index in [0.717, 1.165) is 30.6 Å². The Bertz CT molecular complexity index is 599. The highest BCUT2D eigenvalue weighted by Gasteiger charge is 2.22. The Morgan fingerprint density at radius 3 is 2.68 bits per heavy atom. The molecular weight excluding hydrogens is 318 g/mol. The standard InChI is InChI=1S/C19H27N3O3/c23-18(10-12-20-19(24)21-14-6-2-1-3-7-14)22-16-11-13-25-17-9-5-4-8-15(16)17/h4-5,8-9,14,16H,1-3,6-7,10-13H2,(H,22,23)(H2,20,21,24). The fourth-order valence-electron chi connectivity index (χ4n) is 3.53. The molecule has 0 aromatic heterocycles. The molecule has 1 aliphatic carbocycles. The third-order valence-corrected chi connectivity index (χ3v) is 4.87. The van der Waals surface area contributed by atoms with Crippen LogP contribution >= 0.6 is 0 Å². The van der Waals surface area contributed by atoms with Crippen molar-refractivity contribution in [2.75, 3.05) is 13.2 Å². The predicted octanol–water partition coefficient (Wildman–Crippen LogP) is 2.65. The van der Waals surface area contributed by atoms with Crippen LogP contribution < -0.4 is 20.7 Å². The van der Waals surface area contributed by atoms with Crippen molar-refractivity contribution in [3.63, 3.8) is 0 Å². The van der Waals surface area contributed by atoms with E-state index in [1.54, 1.807) is 0 Å². The minimum Gasteiger partial charge on any atom is -0.493 e. The van der Waals surface area contributed by atoms with Crippen molar-refractivity contribution >= 4 is 11.9 Å². The fraction of sp³-hybridized carbons (Fsp3) is 0.579. The average Bonchev–Trinajstić information content (AvgIpc) is 2.63. The second-order valence-electron chi connectivity index (χ2n) is 6.78. The van der Waals surface area contributed by atoms with Gasteiger partial charge in [-0.05, 0) is 18.9 Å². The van der Waals surface area contributed by atoms with Crippen LogP contribution in [0, 0.1) is 0 Å². The number of fused-ring (bicyclic) bond motifs is 1. The van der Waals surface area contributed by atoms with E-state index in [9.17, 15) is 9.59 Å². The van der Waals surface area contributed by atoms with Crippen LogP contribution in [0.2, 0.25) is 0 Å². The Morgan fingerprint density at radius 1 is 1.04 bits per heavy atom. The molecule has 3 amide bonds. The number of amides is 3. The van der Waals surface area contributed by atoms with E-state index in [4.69, 9.17) is 4.74 Å². The summed E-state index contributed by atoms with van der Waals surface area (Å²) >= 11 is 0. The van der Waals surface area contributed by atoms with Gasteiger partial charge in [-0.1, -0.05) is 37.5 Å². The SMILES string of the molecule is O=C(CCNC(=O)NC1CCCCC1)NC1CCOc2ccccc21. The molecule has 136 valence electrons. The minimum atomic E-state index is -0.170. The maximum atomic E-state index is 12.2. The first kappa shape index (κ1) is 17.6. The van der Waals surface area contributed by atoms with Crippen LogP contribution in [0.5, 0.6) is 5.75 Å². The van der Waals surface area contributed by atoms with Crippen LogP contribution in [0.1, 0.15) is 56.6 Å². The third kappa shape index (κ3) is 5.11. The summed E-state index contributed by atoms with van der Waals surface area (Å²) in [5, 5.41) is 8.81. The van der Waals surface area contributed by atoms with E-state index in [1.807, 2.05) is 24.3 Å². The monoisotopic (exact) mass is 345 g/mol. The number of carbonyl (C=O) groups excluding carboxylic acids is 2. The second kappa shape index (κ2) is 8.74. The summed E-state index contributed by atoms with van der Waals surface area (Å²) < 4.78 is 5.60. The molecule has 0 spiro atoms. The van der Waals surface area contributed by atoms with E-state index < -0.39 is 0 Å². The third-order valence-electron chi connectivity index (χ3n) is 4.87. The van der Waals surface area contributed by atoms with Crippen LogP contribution in [0.3, 0.4) is 0 Å². The Balaban J connectivity index is 1.38. The van der Waals surface area contributed by atoms with Gasteiger partial charge in [0.1, 0.15) is 5.75 Å². The zero-order chi connectivity index (χ0) is 17.5. The topological polar surface area (TPSA) is 79.5 Å². The van der Waals surface area contributed by atoms with E-state index in [1.165, 1.54) is 19.3 Å². The van der Waals surface area contributed by atoms with Crippen LogP contribution in [0.25, 0.3) is 0 Å². The van der Waals surface area contributed by atoms with Gasteiger partial charge in [0.25, 0.3) is 0 Å². The number of rotatable bonds is 5. The van der Waals surface area contributed by atoms with Gasteiger partial charge in [-0.2, -0.15) is 0 Å². The number of hydrogen-bond acceptors (Lipinski definition) is 3. The summed E-state index contributed by atoms with van der Waals surface area (Å²) in [6.07, 6.45) is 6.76. The largest absolute Gasteiger partial charge is 0.493 e. The quantitative estimate of drug-likeness (QED) is 0.767. The summed E-state index contributed by atoms with van der Waals surface area (Å²) in [7, 11) is 0. The predicted molar refractivity (Wildman–Crippen MR) is 95.5 cm³/mol. The molecule has 25 heavy (non-hydrogen) atoms. The van der Waals surface area contributed by atoms with Crippen molar-refractivity contribution in [3.8, 4) is 5.75 Å². The molecule has 6 heteroatoms. The molecule has 1 saturated carbocycles. The molecule has 1 unspecified atom stereocenters. The number of para-hydroxylation sites is 1. The second-order valence-corrected chi connectivity index (χ2v) is 6.78. The number of nitrogens with one attached hydrogen (secondary N) is 3. The summed E-state index contributed by atoms with van der Waals surface area (Å²) in [4.78, 5) is 24.0. The van der Waals surface area contributed by atoms with Gasteiger partial charge in [0.05, 0.1) is 12.6 Å². The Morgan fingerprint density at radius 2 is 1.84 bits per heavy atom. The maximum Gasteiger partial charge on any atom is 0.315 e. The van der Waals surface area contributed by atoms with Crippen molar-refractivity contribution in [1.82, 2.24) is 16.0 Å². The molecule has 1 fully saturated rings. The van der Waals surface area contributed by atoms with Gasteiger partial charge in [0, 0.05) is 31.0 Å². The highest BCUT2D eigenvalue weighted by Crippen LogP contribution is 2.31. The minimum absolute atomic E-state index is 0.0199. The summed E-state index contributed by atoms with van der Waals surface area (Å²) in [5.41, 5.74) is 1.02. The van der Waals surface area contributed by atoms with Gasteiger partial charge in [0.2, 0.25) is 5.91 Å². The Hall–Kier alpha value is -2.24. The number of hydrogen-bond donors (Lipinski definition) is 3. The lowest BCUT2D eigenvalue weighted by Crippen LogP contribution is -2.44. The van der Waals surface area contributed by atoms with Crippen LogP contribution in [0.4, 0.5) is 4.79 Å². The molecule has 6 nitrogen and oxygen atoms in total.